The summed E-state index contributed by atoms with van der Waals surface area (Å²) in [6.45, 7) is 4.54. The molecule has 1 aliphatic heterocycles. The van der Waals surface area contributed by atoms with E-state index in [1.54, 1.807) is 0 Å². The van der Waals surface area contributed by atoms with Gasteiger partial charge in [0.2, 0.25) is 0 Å². The van der Waals surface area contributed by atoms with Crippen LogP contribution in [0.5, 0.6) is 5.75 Å². The van der Waals surface area contributed by atoms with Gasteiger partial charge in [0.15, 0.2) is 0 Å². The van der Waals surface area contributed by atoms with E-state index >= 15 is 0 Å². The van der Waals surface area contributed by atoms with E-state index in [-0.39, 0.29) is 11.9 Å². The van der Waals surface area contributed by atoms with Gasteiger partial charge in [0.25, 0.3) is 0 Å². The van der Waals surface area contributed by atoms with Gasteiger partial charge < -0.3 is 25.5 Å². The third-order valence-electron chi connectivity index (χ3n) is 5.93. The van der Waals surface area contributed by atoms with Gasteiger partial charge in [-0.05, 0) is 55.1 Å². The zero-order valence-corrected chi connectivity index (χ0v) is 17.6. The third-order valence-corrected chi connectivity index (χ3v) is 5.93. The van der Waals surface area contributed by atoms with Crippen molar-refractivity contribution in [2.75, 3.05) is 13.1 Å². The third kappa shape index (κ3) is 4.41. The lowest BCUT2D eigenvalue weighted by Gasteiger charge is -2.17. The van der Waals surface area contributed by atoms with Crippen molar-refractivity contribution in [3.05, 3.63) is 65.4 Å². The maximum atomic E-state index is 12.1. The molecule has 0 saturated carbocycles. The number of fused-ring (bicyclic) bond motifs is 1. The first kappa shape index (κ1) is 20.9. The van der Waals surface area contributed by atoms with Crippen LogP contribution < -0.4 is 15.8 Å². The number of carboxylic acids is 1. The average molecular weight is 421 g/mol. The molecule has 5 N–H and O–H groups in total. The highest BCUT2D eigenvalue weighted by atomic mass is 16.5. The summed E-state index contributed by atoms with van der Waals surface area (Å²) in [4.78, 5) is 12.1. The number of hydrogen-bond acceptors (Lipinski definition) is 4. The SMILES string of the molecule is CCn1c(CC(C(=O)O)c2ccc(O[C@H]3CCNC3)cc2)cc2ccc(C(=N)N)cc21. The molecule has 1 saturated heterocycles. The van der Waals surface area contributed by atoms with Crippen LogP contribution in [-0.4, -0.2) is 40.7 Å². The minimum Gasteiger partial charge on any atom is -0.489 e. The molecule has 1 aliphatic rings. The van der Waals surface area contributed by atoms with E-state index in [1.807, 2.05) is 55.5 Å². The second-order valence-corrected chi connectivity index (χ2v) is 7.96. The summed E-state index contributed by atoms with van der Waals surface area (Å²) in [5.41, 5.74) is 8.97. The van der Waals surface area contributed by atoms with Crippen molar-refractivity contribution >= 4 is 22.7 Å². The smallest absolute Gasteiger partial charge is 0.311 e. The fourth-order valence-corrected chi connectivity index (χ4v) is 4.28. The highest BCUT2D eigenvalue weighted by Gasteiger charge is 2.23. The van der Waals surface area contributed by atoms with E-state index < -0.39 is 11.9 Å². The van der Waals surface area contributed by atoms with Crippen molar-refractivity contribution in [3.8, 4) is 5.75 Å². The Balaban J connectivity index is 1.60. The molecule has 0 bridgehead atoms. The van der Waals surface area contributed by atoms with Gasteiger partial charge in [-0.2, -0.15) is 0 Å². The standard InChI is InChI=1S/C24H28N4O3/c1-2-28-18(11-16-3-4-17(23(25)26)12-22(16)28)13-21(24(29)30)15-5-7-19(8-6-15)31-20-9-10-27-14-20/h3-8,11-12,20-21,27H,2,9-10,13-14H2,1H3,(H3,25,26)(H,29,30)/t20-,21?/m0/s1. The van der Waals surface area contributed by atoms with Crippen LogP contribution in [0.4, 0.5) is 0 Å². The Bertz CT molecular complexity index is 1100. The highest BCUT2D eigenvalue weighted by molar-refractivity contribution is 5.98. The first-order chi connectivity index (χ1) is 15.0. The van der Waals surface area contributed by atoms with E-state index in [4.69, 9.17) is 15.9 Å². The van der Waals surface area contributed by atoms with Gasteiger partial charge in [0.05, 0.1) is 5.92 Å². The number of aliphatic carboxylic acids is 1. The van der Waals surface area contributed by atoms with Gasteiger partial charge >= 0.3 is 5.97 Å². The second-order valence-electron chi connectivity index (χ2n) is 7.96. The van der Waals surface area contributed by atoms with Crippen molar-refractivity contribution in [1.82, 2.24) is 9.88 Å². The van der Waals surface area contributed by atoms with Crippen LogP contribution >= 0.6 is 0 Å². The molecule has 4 rings (SSSR count). The molecule has 3 aromatic rings. The predicted octanol–water partition coefficient (Wildman–Crippen LogP) is 3.10. The molecule has 2 atom stereocenters. The summed E-state index contributed by atoms with van der Waals surface area (Å²) in [6, 6.07) is 15.1. The molecule has 162 valence electrons. The number of nitrogens with two attached hydrogens (primary N) is 1. The minimum absolute atomic E-state index is 0.0198. The fraction of sp³-hybridized carbons (Fsp3) is 0.333. The van der Waals surface area contributed by atoms with E-state index in [2.05, 4.69) is 9.88 Å². The Labute approximate surface area is 181 Å². The van der Waals surface area contributed by atoms with Crippen LogP contribution in [-0.2, 0) is 17.8 Å². The van der Waals surface area contributed by atoms with Gasteiger partial charge in [0.1, 0.15) is 17.7 Å². The van der Waals surface area contributed by atoms with Crippen LogP contribution in [0.15, 0.2) is 48.5 Å². The van der Waals surface area contributed by atoms with E-state index in [0.717, 1.165) is 47.4 Å². The number of carboxylic acid groups (broad SMARTS) is 1. The quantitative estimate of drug-likeness (QED) is 0.330. The zero-order valence-electron chi connectivity index (χ0n) is 17.6. The lowest BCUT2D eigenvalue weighted by molar-refractivity contribution is -0.138. The topological polar surface area (TPSA) is 113 Å². The van der Waals surface area contributed by atoms with Crippen molar-refractivity contribution in [1.29, 1.82) is 5.41 Å². The van der Waals surface area contributed by atoms with Crippen molar-refractivity contribution in [3.63, 3.8) is 0 Å². The molecule has 7 nitrogen and oxygen atoms in total. The average Bonchev–Trinajstić information content (AvgIpc) is 3.38. The first-order valence-electron chi connectivity index (χ1n) is 10.6. The van der Waals surface area contributed by atoms with Crippen LogP contribution in [0.25, 0.3) is 10.9 Å². The summed E-state index contributed by atoms with van der Waals surface area (Å²) in [5, 5.41) is 21.9. The molecule has 0 spiro atoms. The largest absolute Gasteiger partial charge is 0.489 e. The molecule has 1 aromatic heterocycles. The van der Waals surface area contributed by atoms with Crippen molar-refractivity contribution < 1.29 is 14.6 Å². The Kier molecular flexibility index (Phi) is 5.95. The number of aryl methyl sites for hydroxylation is 1. The monoisotopic (exact) mass is 420 g/mol. The normalized spacial score (nSPS) is 17.0. The molecule has 31 heavy (non-hydrogen) atoms. The molecular formula is C24H28N4O3. The predicted molar refractivity (Wildman–Crippen MR) is 121 cm³/mol. The minimum atomic E-state index is -0.856. The number of nitrogen functional groups attached to an aromatic ring is 1. The van der Waals surface area contributed by atoms with Gasteiger partial charge in [-0.25, -0.2) is 0 Å². The number of ether oxygens (including phenoxy) is 1. The highest BCUT2D eigenvalue weighted by Crippen LogP contribution is 2.28. The Hall–Kier alpha value is -3.32. The fourth-order valence-electron chi connectivity index (χ4n) is 4.28. The zero-order chi connectivity index (χ0) is 22.0. The number of hydrogen-bond donors (Lipinski definition) is 4. The van der Waals surface area contributed by atoms with Gasteiger partial charge in [-0.15, -0.1) is 0 Å². The number of rotatable bonds is 8. The maximum absolute atomic E-state index is 12.1. The number of nitrogens with one attached hydrogen (secondary N) is 2. The molecule has 7 heteroatoms. The summed E-state index contributed by atoms with van der Waals surface area (Å²) >= 11 is 0. The molecule has 1 unspecified atom stereocenters. The van der Waals surface area contributed by atoms with Crippen LogP contribution in [0, 0.1) is 5.41 Å². The van der Waals surface area contributed by atoms with Crippen molar-refractivity contribution in [2.24, 2.45) is 5.73 Å². The molecular weight excluding hydrogens is 392 g/mol. The van der Waals surface area contributed by atoms with Gasteiger partial charge in [-0.3, -0.25) is 10.2 Å². The molecule has 0 radical (unpaired) electrons. The Morgan fingerprint density at radius 3 is 2.68 bits per heavy atom. The number of nitrogens with zero attached hydrogens (tertiary/aromatic N) is 1. The van der Waals surface area contributed by atoms with E-state index in [1.165, 1.54) is 0 Å². The van der Waals surface area contributed by atoms with Crippen LogP contribution in [0.2, 0.25) is 0 Å². The Morgan fingerprint density at radius 2 is 2.06 bits per heavy atom. The number of carbonyl (C=O) groups is 1. The summed E-state index contributed by atoms with van der Waals surface area (Å²) < 4.78 is 8.05. The van der Waals surface area contributed by atoms with E-state index in [0.29, 0.717) is 18.5 Å². The first-order valence-corrected chi connectivity index (χ1v) is 10.6. The molecule has 0 amide bonds. The number of benzene rings is 2. The Morgan fingerprint density at radius 1 is 1.29 bits per heavy atom. The lowest BCUT2D eigenvalue weighted by Crippen LogP contribution is -2.19. The van der Waals surface area contributed by atoms with Crippen LogP contribution in [0.1, 0.15) is 36.1 Å². The number of amidine groups is 1. The summed E-state index contributed by atoms with van der Waals surface area (Å²) in [7, 11) is 0. The van der Waals surface area contributed by atoms with Crippen molar-refractivity contribution in [2.45, 2.75) is 38.3 Å². The van der Waals surface area contributed by atoms with Gasteiger partial charge in [0, 0.05) is 36.3 Å². The molecule has 2 aromatic carbocycles. The summed E-state index contributed by atoms with van der Waals surface area (Å²) in [5.74, 6) is -0.734. The molecule has 0 aliphatic carbocycles. The maximum Gasteiger partial charge on any atom is 0.311 e. The van der Waals surface area contributed by atoms with E-state index in [9.17, 15) is 9.90 Å². The molecule has 2 heterocycles. The van der Waals surface area contributed by atoms with Crippen LogP contribution in [0.3, 0.4) is 0 Å². The van der Waals surface area contributed by atoms with Gasteiger partial charge in [-0.1, -0.05) is 24.3 Å². The lowest BCUT2D eigenvalue weighted by atomic mass is 9.94. The molecule has 1 fully saturated rings. The summed E-state index contributed by atoms with van der Waals surface area (Å²) in [6.07, 6.45) is 1.52. The number of aromatic nitrogens is 1. The second kappa shape index (κ2) is 8.81.